The van der Waals surface area contributed by atoms with Crippen LogP contribution >= 0.6 is 0 Å². The van der Waals surface area contributed by atoms with Crippen LogP contribution in [0.1, 0.15) is 22.0 Å². The number of carbonyl (C=O) groups is 1. The fraction of sp³-hybridized carbons (Fsp3) is 0.105. The van der Waals surface area contributed by atoms with E-state index in [1.54, 1.807) is 12.1 Å². The molecule has 2 heterocycles. The highest BCUT2D eigenvalue weighted by molar-refractivity contribution is 5.98. The molecule has 0 saturated carbocycles. The van der Waals surface area contributed by atoms with Crippen LogP contribution in [-0.2, 0) is 6.54 Å². The average Bonchev–Trinajstić information content (AvgIpc) is 3.03. The molecule has 0 bridgehead atoms. The maximum atomic E-state index is 13.3. The van der Waals surface area contributed by atoms with E-state index in [0.29, 0.717) is 22.4 Å². The SMILES string of the molecule is Cc1nc(CNC(=O)c2cc3cc(F)ccc3[nH]2)nc2ccccc12. The summed E-state index contributed by atoms with van der Waals surface area (Å²) in [6.07, 6.45) is 0. The molecular formula is C19H15FN4O. The number of nitrogens with zero attached hydrogens (tertiary/aromatic N) is 2. The minimum Gasteiger partial charge on any atom is -0.351 e. The summed E-state index contributed by atoms with van der Waals surface area (Å²) in [6, 6.07) is 13.7. The van der Waals surface area contributed by atoms with Gasteiger partial charge in [-0.2, -0.15) is 0 Å². The molecule has 1 amide bonds. The maximum Gasteiger partial charge on any atom is 0.268 e. The lowest BCUT2D eigenvalue weighted by atomic mass is 10.2. The highest BCUT2D eigenvalue weighted by atomic mass is 19.1. The van der Waals surface area contributed by atoms with Crippen LogP contribution in [0, 0.1) is 12.7 Å². The minimum absolute atomic E-state index is 0.217. The van der Waals surface area contributed by atoms with Crippen molar-refractivity contribution in [3.8, 4) is 0 Å². The lowest BCUT2D eigenvalue weighted by Crippen LogP contribution is -2.24. The van der Waals surface area contributed by atoms with Gasteiger partial charge in [0.1, 0.15) is 17.3 Å². The molecule has 0 spiro atoms. The molecule has 0 atom stereocenters. The van der Waals surface area contributed by atoms with Crippen molar-refractivity contribution in [3.63, 3.8) is 0 Å². The highest BCUT2D eigenvalue weighted by Gasteiger charge is 2.11. The molecule has 2 N–H and O–H groups in total. The second kappa shape index (κ2) is 5.98. The number of H-pyrrole nitrogens is 1. The Morgan fingerprint density at radius 2 is 2.00 bits per heavy atom. The average molecular weight is 334 g/mol. The van der Waals surface area contributed by atoms with Gasteiger partial charge in [-0.15, -0.1) is 0 Å². The number of hydrogen-bond acceptors (Lipinski definition) is 3. The molecule has 6 heteroatoms. The van der Waals surface area contributed by atoms with E-state index >= 15 is 0 Å². The quantitative estimate of drug-likeness (QED) is 0.602. The van der Waals surface area contributed by atoms with E-state index in [1.165, 1.54) is 12.1 Å². The van der Waals surface area contributed by atoms with Gasteiger partial charge in [-0.25, -0.2) is 14.4 Å². The third-order valence-electron chi connectivity index (χ3n) is 4.07. The first-order chi connectivity index (χ1) is 12.1. The van der Waals surface area contributed by atoms with Crippen molar-refractivity contribution >= 4 is 27.7 Å². The summed E-state index contributed by atoms with van der Waals surface area (Å²) in [7, 11) is 0. The van der Waals surface area contributed by atoms with Crippen LogP contribution in [0.25, 0.3) is 21.8 Å². The van der Waals surface area contributed by atoms with Gasteiger partial charge >= 0.3 is 0 Å². The Hall–Kier alpha value is -3.28. The largest absolute Gasteiger partial charge is 0.351 e. The summed E-state index contributed by atoms with van der Waals surface area (Å²) in [5.74, 6) is -0.0729. The molecule has 0 radical (unpaired) electrons. The van der Waals surface area contributed by atoms with E-state index < -0.39 is 0 Å². The number of fused-ring (bicyclic) bond motifs is 2. The fourth-order valence-corrected chi connectivity index (χ4v) is 2.85. The number of carbonyl (C=O) groups excluding carboxylic acids is 1. The van der Waals surface area contributed by atoms with Gasteiger partial charge in [0, 0.05) is 22.0 Å². The van der Waals surface area contributed by atoms with E-state index in [1.807, 2.05) is 31.2 Å². The Morgan fingerprint density at radius 3 is 2.88 bits per heavy atom. The van der Waals surface area contributed by atoms with Gasteiger partial charge in [-0.05, 0) is 37.3 Å². The van der Waals surface area contributed by atoms with Gasteiger partial charge in [0.2, 0.25) is 0 Å². The van der Waals surface area contributed by atoms with E-state index in [0.717, 1.165) is 16.6 Å². The van der Waals surface area contributed by atoms with Crippen molar-refractivity contribution in [1.29, 1.82) is 0 Å². The predicted molar refractivity (Wildman–Crippen MR) is 93.7 cm³/mol. The molecular weight excluding hydrogens is 319 g/mol. The monoisotopic (exact) mass is 334 g/mol. The zero-order chi connectivity index (χ0) is 17.4. The number of benzene rings is 2. The molecule has 25 heavy (non-hydrogen) atoms. The van der Waals surface area contributed by atoms with Gasteiger partial charge in [-0.1, -0.05) is 18.2 Å². The Bertz CT molecular complexity index is 1100. The molecule has 2 aromatic heterocycles. The third kappa shape index (κ3) is 2.94. The normalized spacial score (nSPS) is 11.1. The topological polar surface area (TPSA) is 70.7 Å². The number of rotatable bonds is 3. The first kappa shape index (κ1) is 15.3. The maximum absolute atomic E-state index is 13.3. The van der Waals surface area contributed by atoms with Gasteiger partial charge in [-0.3, -0.25) is 4.79 Å². The molecule has 0 fully saturated rings. The zero-order valence-corrected chi connectivity index (χ0v) is 13.5. The summed E-state index contributed by atoms with van der Waals surface area (Å²) in [4.78, 5) is 24.2. The van der Waals surface area contributed by atoms with Crippen molar-refractivity contribution in [2.75, 3.05) is 0 Å². The Balaban J connectivity index is 1.54. The molecule has 4 rings (SSSR count). The number of para-hydroxylation sites is 1. The standard InChI is InChI=1S/C19H15FN4O/c1-11-14-4-2-3-5-16(14)24-18(22-11)10-21-19(25)17-9-12-8-13(20)6-7-15(12)23-17/h2-9,23H,10H2,1H3,(H,21,25). The number of halogens is 1. The van der Waals surface area contributed by atoms with Gasteiger partial charge in [0.05, 0.1) is 12.1 Å². The number of aromatic nitrogens is 3. The van der Waals surface area contributed by atoms with Gasteiger partial charge in [0.25, 0.3) is 5.91 Å². The third-order valence-corrected chi connectivity index (χ3v) is 4.07. The van der Waals surface area contributed by atoms with Crippen LogP contribution in [0.5, 0.6) is 0 Å². The molecule has 0 aliphatic heterocycles. The van der Waals surface area contributed by atoms with Crippen LogP contribution in [-0.4, -0.2) is 20.9 Å². The second-order valence-electron chi connectivity index (χ2n) is 5.84. The van der Waals surface area contributed by atoms with E-state index in [9.17, 15) is 9.18 Å². The molecule has 124 valence electrons. The summed E-state index contributed by atoms with van der Waals surface area (Å²) < 4.78 is 13.3. The smallest absolute Gasteiger partial charge is 0.268 e. The Morgan fingerprint density at radius 1 is 1.16 bits per heavy atom. The number of nitrogens with one attached hydrogen (secondary N) is 2. The second-order valence-corrected chi connectivity index (χ2v) is 5.84. The number of amides is 1. The molecule has 2 aromatic carbocycles. The number of hydrogen-bond donors (Lipinski definition) is 2. The van der Waals surface area contributed by atoms with Crippen molar-refractivity contribution < 1.29 is 9.18 Å². The van der Waals surface area contributed by atoms with Crippen LogP contribution in [0.15, 0.2) is 48.5 Å². The fourth-order valence-electron chi connectivity index (χ4n) is 2.85. The Labute approximate surface area is 142 Å². The van der Waals surface area contributed by atoms with Crippen molar-refractivity contribution in [2.24, 2.45) is 0 Å². The molecule has 4 aromatic rings. The number of aromatic amines is 1. The van der Waals surface area contributed by atoms with Crippen molar-refractivity contribution in [2.45, 2.75) is 13.5 Å². The number of aryl methyl sites for hydroxylation is 1. The van der Waals surface area contributed by atoms with Gasteiger partial charge in [0.15, 0.2) is 0 Å². The zero-order valence-electron chi connectivity index (χ0n) is 13.5. The van der Waals surface area contributed by atoms with Crippen molar-refractivity contribution in [1.82, 2.24) is 20.3 Å². The lowest BCUT2D eigenvalue weighted by molar-refractivity contribution is 0.0945. The molecule has 0 saturated heterocycles. The lowest BCUT2D eigenvalue weighted by Gasteiger charge is -2.06. The van der Waals surface area contributed by atoms with Crippen molar-refractivity contribution in [3.05, 3.63) is 71.6 Å². The molecule has 0 aliphatic carbocycles. The molecule has 0 unspecified atom stereocenters. The van der Waals surface area contributed by atoms with Crippen LogP contribution in [0.4, 0.5) is 4.39 Å². The first-order valence-corrected chi connectivity index (χ1v) is 7.89. The predicted octanol–water partition coefficient (Wildman–Crippen LogP) is 3.49. The summed E-state index contributed by atoms with van der Waals surface area (Å²) in [5.41, 5.74) is 2.80. The van der Waals surface area contributed by atoms with Gasteiger partial charge < -0.3 is 10.3 Å². The summed E-state index contributed by atoms with van der Waals surface area (Å²) in [6.45, 7) is 2.13. The molecule has 0 aliphatic rings. The minimum atomic E-state index is -0.335. The Kier molecular flexibility index (Phi) is 3.65. The summed E-state index contributed by atoms with van der Waals surface area (Å²) >= 11 is 0. The van der Waals surface area contributed by atoms with E-state index in [4.69, 9.17) is 0 Å². The summed E-state index contributed by atoms with van der Waals surface area (Å²) in [5, 5.41) is 4.44. The van der Waals surface area contributed by atoms with Crippen LogP contribution in [0.2, 0.25) is 0 Å². The molecule has 5 nitrogen and oxygen atoms in total. The first-order valence-electron chi connectivity index (χ1n) is 7.89. The highest BCUT2D eigenvalue weighted by Crippen LogP contribution is 2.17. The van der Waals surface area contributed by atoms with E-state index in [-0.39, 0.29) is 18.3 Å². The van der Waals surface area contributed by atoms with Crippen LogP contribution < -0.4 is 5.32 Å². The van der Waals surface area contributed by atoms with E-state index in [2.05, 4.69) is 20.3 Å². The van der Waals surface area contributed by atoms with Crippen LogP contribution in [0.3, 0.4) is 0 Å².